The van der Waals surface area contributed by atoms with E-state index in [0.717, 1.165) is 30.3 Å². The lowest BCUT2D eigenvalue weighted by Gasteiger charge is -2.11. The first-order valence-electron chi connectivity index (χ1n) is 9.37. The molecule has 3 aromatic carbocycles. The number of non-ortho nitro benzene ring substituents is 1. The second-order valence-corrected chi connectivity index (χ2v) is 10.00. The molecule has 0 aromatic heterocycles. The highest BCUT2D eigenvalue weighted by Gasteiger charge is 2.21. The summed E-state index contributed by atoms with van der Waals surface area (Å²) < 4.78 is 31.2. The maximum Gasteiger partial charge on any atom is 0.339 e. The van der Waals surface area contributed by atoms with Gasteiger partial charge in [0.15, 0.2) is 0 Å². The van der Waals surface area contributed by atoms with Crippen LogP contribution in [0.2, 0.25) is 10.0 Å². The number of anilines is 1. The standard InChI is InChI=1S/C22H12BrCl2N3O6S/c23-15-1-8-21(34-35(32,33)18-5-3-17(4-6-18)28(30)31)13(10-15)9-14(12-26)22(29)27-16-2-7-19(24)20(25)11-16/h1-11H,(H,27,29)/b14-9-. The van der Waals surface area contributed by atoms with E-state index in [0.29, 0.717) is 4.47 Å². The van der Waals surface area contributed by atoms with Crippen molar-refractivity contribution in [3.05, 3.63) is 96.4 Å². The van der Waals surface area contributed by atoms with Gasteiger partial charge in [-0.05, 0) is 54.6 Å². The third kappa shape index (κ3) is 6.58. The number of amides is 1. The zero-order valence-electron chi connectivity index (χ0n) is 17.2. The maximum absolute atomic E-state index is 12.7. The fraction of sp³-hybridized carbons (Fsp3) is 0. The molecule has 35 heavy (non-hydrogen) atoms. The van der Waals surface area contributed by atoms with E-state index < -0.39 is 20.9 Å². The summed E-state index contributed by atoms with van der Waals surface area (Å²) in [5.41, 5.74) is -0.252. The van der Waals surface area contributed by atoms with Gasteiger partial charge < -0.3 is 9.50 Å². The lowest BCUT2D eigenvalue weighted by Crippen LogP contribution is -2.14. The van der Waals surface area contributed by atoms with Crippen LogP contribution in [0, 0.1) is 21.4 Å². The second kappa shape index (κ2) is 10.9. The van der Waals surface area contributed by atoms with Crippen LogP contribution in [-0.2, 0) is 14.9 Å². The lowest BCUT2D eigenvalue weighted by atomic mass is 10.1. The molecule has 1 N–H and O–H groups in total. The quantitative estimate of drug-likeness (QED) is 0.116. The summed E-state index contributed by atoms with van der Waals surface area (Å²) in [4.78, 5) is 22.4. The van der Waals surface area contributed by atoms with Gasteiger partial charge in [0.2, 0.25) is 0 Å². The Labute approximate surface area is 217 Å². The Morgan fingerprint density at radius 1 is 1.09 bits per heavy atom. The number of carbonyl (C=O) groups is 1. The number of nitrogens with one attached hydrogen (secondary N) is 1. The van der Waals surface area contributed by atoms with E-state index in [9.17, 15) is 28.6 Å². The summed E-state index contributed by atoms with van der Waals surface area (Å²) >= 11 is 15.1. The lowest BCUT2D eigenvalue weighted by molar-refractivity contribution is -0.384. The van der Waals surface area contributed by atoms with E-state index in [4.69, 9.17) is 27.4 Å². The average Bonchev–Trinajstić information content (AvgIpc) is 2.81. The van der Waals surface area contributed by atoms with Gasteiger partial charge in [0.1, 0.15) is 22.3 Å². The highest BCUT2D eigenvalue weighted by molar-refractivity contribution is 9.10. The first-order chi connectivity index (χ1) is 16.5. The van der Waals surface area contributed by atoms with Crippen molar-refractivity contribution in [2.45, 2.75) is 4.90 Å². The van der Waals surface area contributed by atoms with Gasteiger partial charge >= 0.3 is 10.1 Å². The van der Waals surface area contributed by atoms with E-state index >= 15 is 0 Å². The molecule has 0 aliphatic rings. The summed E-state index contributed by atoms with van der Waals surface area (Å²) in [5.74, 6) is -0.961. The normalized spacial score (nSPS) is 11.4. The fourth-order valence-electron chi connectivity index (χ4n) is 2.69. The van der Waals surface area contributed by atoms with Gasteiger partial charge in [0.25, 0.3) is 11.6 Å². The summed E-state index contributed by atoms with van der Waals surface area (Å²) in [5, 5.41) is 23.3. The molecule has 0 aliphatic carbocycles. The highest BCUT2D eigenvalue weighted by atomic mass is 79.9. The maximum atomic E-state index is 12.7. The van der Waals surface area contributed by atoms with E-state index in [1.54, 1.807) is 6.07 Å². The fourth-order valence-corrected chi connectivity index (χ4v) is 4.32. The minimum Gasteiger partial charge on any atom is -0.378 e. The topological polar surface area (TPSA) is 139 Å². The third-order valence-corrected chi connectivity index (χ3v) is 6.83. The van der Waals surface area contributed by atoms with E-state index in [2.05, 4.69) is 21.2 Å². The van der Waals surface area contributed by atoms with Crippen molar-refractivity contribution in [3.8, 4) is 11.8 Å². The molecule has 0 spiro atoms. The molecule has 0 radical (unpaired) electrons. The molecule has 13 heteroatoms. The molecule has 0 heterocycles. The summed E-state index contributed by atoms with van der Waals surface area (Å²) in [6.45, 7) is 0. The molecule has 1 amide bonds. The number of benzene rings is 3. The number of hydrogen-bond acceptors (Lipinski definition) is 7. The Balaban J connectivity index is 1.92. The predicted octanol–water partition coefficient (Wildman–Crippen LogP) is 5.98. The van der Waals surface area contributed by atoms with Crippen LogP contribution in [0.5, 0.6) is 5.75 Å². The smallest absolute Gasteiger partial charge is 0.339 e. The number of nitro groups is 1. The molecule has 0 aliphatic heterocycles. The van der Waals surface area contributed by atoms with Crippen LogP contribution in [0.3, 0.4) is 0 Å². The zero-order chi connectivity index (χ0) is 25.8. The molecule has 0 atom stereocenters. The number of nitriles is 1. The highest BCUT2D eigenvalue weighted by Crippen LogP contribution is 2.30. The Morgan fingerprint density at radius 3 is 2.37 bits per heavy atom. The summed E-state index contributed by atoms with van der Waals surface area (Å²) in [6, 6.07) is 14.5. The molecule has 3 rings (SSSR count). The Morgan fingerprint density at radius 2 is 1.77 bits per heavy atom. The van der Waals surface area contributed by atoms with Gasteiger partial charge in [-0.3, -0.25) is 14.9 Å². The third-order valence-electron chi connectivity index (χ3n) is 4.35. The second-order valence-electron chi connectivity index (χ2n) is 6.72. The zero-order valence-corrected chi connectivity index (χ0v) is 21.2. The van der Waals surface area contributed by atoms with Crippen LogP contribution >= 0.6 is 39.1 Å². The van der Waals surface area contributed by atoms with E-state index in [1.807, 2.05) is 0 Å². The van der Waals surface area contributed by atoms with Crippen molar-refractivity contribution in [1.82, 2.24) is 0 Å². The van der Waals surface area contributed by atoms with Crippen molar-refractivity contribution in [2.24, 2.45) is 0 Å². The Hall–Kier alpha value is -3.43. The first kappa shape index (κ1) is 26.2. The molecular weight excluding hydrogens is 585 g/mol. The van der Waals surface area contributed by atoms with Crippen molar-refractivity contribution >= 4 is 72.6 Å². The molecule has 0 bridgehead atoms. The summed E-state index contributed by atoms with van der Waals surface area (Å²) in [6.07, 6.45) is 1.15. The van der Waals surface area contributed by atoms with Gasteiger partial charge in [-0.25, -0.2) is 0 Å². The van der Waals surface area contributed by atoms with Crippen LogP contribution in [0.4, 0.5) is 11.4 Å². The van der Waals surface area contributed by atoms with E-state index in [1.165, 1.54) is 36.4 Å². The SMILES string of the molecule is N#C/C(=C/c1cc(Br)ccc1OS(=O)(=O)c1ccc([N+](=O)[O-])cc1)C(=O)Nc1ccc(Cl)c(Cl)c1. The number of nitro benzene ring substituents is 1. The predicted molar refractivity (Wildman–Crippen MR) is 134 cm³/mol. The molecule has 3 aromatic rings. The van der Waals surface area contributed by atoms with Crippen LogP contribution in [0.25, 0.3) is 6.08 Å². The van der Waals surface area contributed by atoms with Crippen LogP contribution in [0.15, 0.2) is 75.6 Å². The number of carbonyl (C=O) groups excluding carboxylic acids is 1. The minimum atomic E-state index is -4.39. The molecule has 9 nitrogen and oxygen atoms in total. The molecule has 0 saturated heterocycles. The van der Waals surface area contributed by atoms with Crippen molar-refractivity contribution in [2.75, 3.05) is 5.32 Å². The number of halogens is 3. The van der Waals surface area contributed by atoms with Crippen LogP contribution in [-0.4, -0.2) is 19.2 Å². The van der Waals surface area contributed by atoms with Crippen LogP contribution < -0.4 is 9.50 Å². The van der Waals surface area contributed by atoms with Crippen molar-refractivity contribution < 1.29 is 22.3 Å². The average molecular weight is 597 g/mol. The number of rotatable bonds is 7. The van der Waals surface area contributed by atoms with Gasteiger partial charge in [-0.1, -0.05) is 39.1 Å². The van der Waals surface area contributed by atoms with Gasteiger partial charge in [-0.2, -0.15) is 13.7 Å². The molecular formula is C22H12BrCl2N3O6S. The molecule has 0 fully saturated rings. The monoisotopic (exact) mass is 595 g/mol. The molecule has 0 saturated carbocycles. The number of nitrogens with zero attached hydrogens (tertiary/aromatic N) is 2. The Kier molecular flexibility index (Phi) is 8.14. The van der Waals surface area contributed by atoms with E-state index in [-0.39, 0.29) is 43.2 Å². The van der Waals surface area contributed by atoms with Crippen molar-refractivity contribution in [3.63, 3.8) is 0 Å². The van der Waals surface area contributed by atoms with Gasteiger partial charge in [0, 0.05) is 27.9 Å². The van der Waals surface area contributed by atoms with Crippen molar-refractivity contribution in [1.29, 1.82) is 5.26 Å². The Bertz CT molecular complexity index is 1500. The summed E-state index contributed by atoms with van der Waals surface area (Å²) in [7, 11) is -4.39. The minimum absolute atomic E-state index is 0.103. The molecule has 178 valence electrons. The number of hydrogen-bond donors (Lipinski definition) is 1. The first-order valence-corrected chi connectivity index (χ1v) is 12.3. The van der Waals surface area contributed by atoms with Gasteiger partial charge in [-0.15, -0.1) is 0 Å². The largest absolute Gasteiger partial charge is 0.378 e. The van der Waals surface area contributed by atoms with Crippen LogP contribution in [0.1, 0.15) is 5.56 Å². The molecule has 0 unspecified atom stereocenters. The van der Waals surface area contributed by atoms with Gasteiger partial charge in [0.05, 0.1) is 15.0 Å².